The molecule has 100 valence electrons. The molecular weight excluding hydrogens is 297 g/mol. The monoisotopic (exact) mass is 311 g/mol. The second-order valence-electron chi connectivity index (χ2n) is 4.79. The lowest BCUT2D eigenvalue weighted by atomic mass is 9.99. The number of rotatable bonds is 2. The van der Waals surface area contributed by atoms with Crippen LogP contribution < -0.4 is 4.90 Å². The topological polar surface area (TPSA) is 3.24 Å². The third-order valence-corrected chi connectivity index (χ3v) is 5.43. The molecule has 0 spiro atoms. The smallest absolute Gasteiger partial charge is 0.0525 e. The lowest BCUT2D eigenvalue weighted by Crippen LogP contribution is -2.33. The Morgan fingerprint density at radius 2 is 2.21 bits per heavy atom. The molecule has 1 aromatic carbocycles. The maximum absolute atomic E-state index is 6.27. The zero-order valence-electron chi connectivity index (χ0n) is 10.7. The SMILES string of the molecule is CC1c2ccsc2CCN1c1cccc(Cl)c1CCl. The zero-order valence-corrected chi connectivity index (χ0v) is 13.0. The summed E-state index contributed by atoms with van der Waals surface area (Å²) in [5.41, 5.74) is 3.65. The van der Waals surface area contributed by atoms with Crippen LogP contribution in [0.5, 0.6) is 0 Å². The van der Waals surface area contributed by atoms with E-state index in [0.717, 1.165) is 23.6 Å². The predicted molar refractivity (Wildman–Crippen MR) is 84.8 cm³/mol. The van der Waals surface area contributed by atoms with Crippen molar-refractivity contribution in [1.82, 2.24) is 0 Å². The molecule has 3 rings (SSSR count). The van der Waals surface area contributed by atoms with Crippen LogP contribution in [0.2, 0.25) is 5.02 Å². The van der Waals surface area contributed by atoms with E-state index in [1.165, 1.54) is 16.1 Å². The van der Waals surface area contributed by atoms with E-state index >= 15 is 0 Å². The summed E-state index contributed by atoms with van der Waals surface area (Å²) in [7, 11) is 0. The summed E-state index contributed by atoms with van der Waals surface area (Å²) in [4.78, 5) is 3.93. The molecule has 0 saturated carbocycles. The third-order valence-electron chi connectivity index (χ3n) is 3.81. The lowest BCUT2D eigenvalue weighted by Gasteiger charge is -2.36. The predicted octanol–water partition coefficient (Wildman–Crippen LogP) is 5.26. The Labute approximate surface area is 127 Å². The van der Waals surface area contributed by atoms with Crippen molar-refractivity contribution in [1.29, 1.82) is 0 Å². The van der Waals surface area contributed by atoms with Crippen molar-refractivity contribution >= 4 is 40.2 Å². The molecule has 0 saturated heterocycles. The van der Waals surface area contributed by atoms with Gasteiger partial charge in [-0.3, -0.25) is 0 Å². The van der Waals surface area contributed by atoms with Crippen molar-refractivity contribution in [3.05, 3.63) is 50.7 Å². The van der Waals surface area contributed by atoms with Gasteiger partial charge in [0.25, 0.3) is 0 Å². The van der Waals surface area contributed by atoms with Crippen LogP contribution in [0.15, 0.2) is 29.6 Å². The standard InChI is InChI=1S/C15H15Cl2NS/c1-10-11-6-8-19-15(11)5-7-18(10)14-4-2-3-13(17)12(14)9-16/h2-4,6,8,10H,5,7,9H2,1H3. The number of alkyl halides is 1. The molecule has 2 aromatic rings. The Bertz CT molecular complexity index is 594. The fourth-order valence-electron chi connectivity index (χ4n) is 2.79. The molecule has 2 heterocycles. The van der Waals surface area contributed by atoms with Crippen molar-refractivity contribution in [2.24, 2.45) is 0 Å². The maximum atomic E-state index is 6.27. The summed E-state index contributed by atoms with van der Waals surface area (Å²) in [6.45, 7) is 3.28. The highest BCUT2D eigenvalue weighted by Crippen LogP contribution is 2.39. The molecule has 1 aliphatic rings. The van der Waals surface area contributed by atoms with Crippen LogP contribution in [-0.2, 0) is 12.3 Å². The van der Waals surface area contributed by atoms with Crippen LogP contribution in [-0.4, -0.2) is 6.54 Å². The molecular formula is C15H15Cl2NS. The average Bonchev–Trinajstić information content (AvgIpc) is 2.88. The second kappa shape index (κ2) is 5.35. The number of nitrogens with zero attached hydrogens (tertiary/aromatic N) is 1. The molecule has 1 atom stereocenters. The van der Waals surface area contributed by atoms with Crippen molar-refractivity contribution in [3.8, 4) is 0 Å². The number of halogens is 2. The third kappa shape index (κ3) is 2.26. The van der Waals surface area contributed by atoms with Crippen LogP contribution in [0.25, 0.3) is 0 Å². The maximum Gasteiger partial charge on any atom is 0.0525 e. The van der Waals surface area contributed by atoms with E-state index in [0.29, 0.717) is 11.9 Å². The Morgan fingerprint density at radius 1 is 1.37 bits per heavy atom. The Kier molecular flexibility index (Phi) is 3.75. The number of hydrogen-bond acceptors (Lipinski definition) is 2. The van der Waals surface area contributed by atoms with E-state index in [4.69, 9.17) is 23.2 Å². The van der Waals surface area contributed by atoms with Gasteiger partial charge < -0.3 is 4.90 Å². The van der Waals surface area contributed by atoms with Crippen LogP contribution >= 0.6 is 34.5 Å². The first-order chi connectivity index (χ1) is 9.22. The van der Waals surface area contributed by atoms with Gasteiger partial charge in [0.2, 0.25) is 0 Å². The normalized spacial score (nSPS) is 18.5. The molecule has 1 nitrogen and oxygen atoms in total. The van der Waals surface area contributed by atoms with E-state index in [1.54, 1.807) is 0 Å². The first-order valence-electron chi connectivity index (χ1n) is 6.38. The van der Waals surface area contributed by atoms with Crippen molar-refractivity contribution < 1.29 is 0 Å². The minimum Gasteiger partial charge on any atom is -0.364 e. The van der Waals surface area contributed by atoms with Gasteiger partial charge in [-0.05, 0) is 42.5 Å². The molecule has 1 unspecified atom stereocenters. The highest BCUT2D eigenvalue weighted by molar-refractivity contribution is 7.10. The van der Waals surface area contributed by atoms with Crippen molar-refractivity contribution in [2.75, 3.05) is 11.4 Å². The Morgan fingerprint density at radius 3 is 3.00 bits per heavy atom. The van der Waals surface area contributed by atoms with Gasteiger partial charge in [-0.15, -0.1) is 22.9 Å². The van der Waals surface area contributed by atoms with Gasteiger partial charge in [-0.1, -0.05) is 17.7 Å². The number of thiophene rings is 1. The van der Waals surface area contributed by atoms with Gasteiger partial charge in [-0.25, -0.2) is 0 Å². The number of fused-ring (bicyclic) bond motifs is 1. The summed E-state index contributed by atoms with van der Waals surface area (Å²) in [6, 6.07) is 8.66. The zero-order chi connectivity index (χ0) is 13.4. The Balaban J connectivity index is 2.02. The second-order valence-corrected chi connectivity index (χ2v) is 6.46. The van der Waals surface area contributed by atoms with E-state index in [1.807, 2.05) is 23.5 Å². The molecule has 0 bridgehead atoms. The van der Waals surface area contributed by atoms with Crippen molar-refractivity contribution in [2.45, 2.75) is 25.3 Å². The first-order valence-corrected chi connectivity index (χ1v) is 8.18. The molecule has 0 N–H and O–H groups in total. The average molecular weight is 312 g/mol. The van der Waals surface area contributed by atoms with E-state index in [-0.39, 0.29) is 0 Å². The van der Waals surface area contributed by atoms with Gasteiger partial charge in [0.15, 0.2) is 0 Å². The summed E-state index contributed by atoms with van der Waals surface area (Å²) in [6.07, 6.45) is 1.10. The summed E-state index contributed by atoms with van der Waals surface area (Å²) >= 11 is 14.2. The van der Waals surface area contributed by atoms with Gasteiger partial charge in [0.1, 0.15) is 0 Å². The van der Waals surface area contributed by atoms with Crippen molar-refractivity contribution in [3.63, 3.8) is 0 Å². The van der Waals surface area contributed by atoms with Crippen LogP contribution in [0.1, 0.15) is 29.0 Å². The van der Waals surface area contributed by atoms with Gasteiger partial charge in [0, 0.05) is 27.7 Å². The van der Waals surface area contributed by atoms with Crippen LogP contribution in [0.4, 0.5) is 5.69 Å². The Hall–Kier alpha value is -0.700. The number of anilines is 1. The molecule has 1 aromatic heterocycles. The minimum absolute atomic E-state index is 0.385. The quantitative estimate of drug-likeness (QED) is 0.683. The molecule has 4 heteroatoms. The molecule has 0 aliphatic carbocycles. The fraction of sp³-hybridized carbons (Fsp3) is 0.333. The molecule has 1 aliphatic heterocycles. The van der Waals surface area contributed by atoms with Gasteiger partial charge in [-0.2, -0.15) is 0 Å². The van der Waals surface area contributed by atoms with E-state index < -0.39 is 0 Å². The highest BCUT2D eigenvalue weighted by atomic mass is 35.5. The number of benzene rings is 1. The molecule has 0 radical (unpaired) electrons. The fourth-order valence-corrected chi connectivity index (χ4v) is 4.34. The van der Waals surface area contributed by atoms with Crippen LogP contribution in [0, 0.1) is 0 Å². The van der Waals surface area contributed by atoms with Gasteiger partial charge >= 0.3 is 0 Å². The van der Waals surface area contributed by atoms with Gasteiger partial charge in [0.05, 0.1) is 11.9 Å². The lowest BCUT2D eigenvalue weighted by molar-refractivity contribution is 0.631. The number of hydrogen-bond donors (Lipinski definition) is 0. The molecule has 0 fully saturated rings. The molecule has 0 amide bonds. The largest absolute Gasteiger partial charge is 0.364 e. The summed E-state index contributed by atoms with van der Waals surface area (Å²) in [5, 5.41) is 2.95. The highest BCUT2D eigenvalue weighted by Gasteiger charge is 2.26. The molecule has 19 heavy (non-hydrogen) atoms. The summed E-state index contributed by atoms with van der Waals surface area (Å²) < 4.78 is 0. The minimum atomic E-state index is 0.385. The van der Waals surface area contributed by atoms with E-state index in [9.17, 15) is 0 Å². The summed E-state index contributed by atoms with van der Waals surface area (Å²) in [5.74, 6) is 0.453. The van der Waals surface area contributed by atoms with E-state index in [2.05, 4.69) is 29.3 Å². The van der Waals surface area contributed by atoms with Crippen LogP contribution in [0.3, 0.4) is 0 Å². The first kappa shape index (κ1) is 13.3.